The highest BCUT2D eigenvalue weighted by atomic mass is 19.4. The molecule has 1 aromatic carbocycles. The fourth-order valence-corrected chi connectivity index (χ4v) is 2.84. The number of anilines is 1. The molecule has 1 N–H and O–H groups in total. The van der Waals surface area contributed by atoms with Crippen molar-refractivity contribution in [3.05, 3.63) is 74.6 Å². The molecule has 0 aliphatic rings. The van der Waals surface area contributed by atoms with E-state index in [0.29, 0.717) is 17.1 Å². The Morgan fingerprint density at radius 3 is 2.43 bits per heavy atom. The topological polar surface area (TPSA) is 89.8 Å². The molecule has 30 heavy (non-hydrogen) atoms. The van der Waals surface area contributed by atoms with Crippen LogP contribution in [0.4, 0.5) is 19.0 Å². The molecule has 7 nitrogen and oxygen atoms in total. The van der Waals surface area contributed by atoms with Crippen molar-refractivity contribution in [2.75, 3.05) is 5.32 Å². The Labute approximate surface area is 169 Å². The molecule has 2 aromatic heterocycles. The van der Waals surface area contributed by atoms with Crippen molar-refractivity contribution in [3.63, 3.8) is 0 Å². The van der Waals surface area contributed by atoms with Gasteiger partial charge in [-0.3, -0.25) is 9.59 Å². The van der Waals surface area contributed by atoms with Crippen molar-refractivity contribution in [2.24, 2.45) is 0 Å². The van der Waals surface area contributed by atoms with Gasteiger partial charge in [0, 0.05) is 23.0 Å². The summed E-state index contributed by atoms with van der Waals surface area (Å²) in [5, 5.41) is 6.55. The van der Waals surface area contributed by atoms with E-state index in [1.165, 1.54) is 19.1 Å². The van der Waals surface area contributed by atoms with E-state index in [1.807, 2.05) is 0 Å². The Morgan fingerprint density at radius 2 is 1.77 bits per heavy atom. The summed E-state index contributed by atoms with van der Waals surface area (Å²) in [4.78, 5) is 33.4. The summed E-state index contributed by atoms with van der Waals surface area (Å²) < 4.78 is 40.3. The molecular formula is C20H18F3N5O2. The summed E-state index contributed by atoms with van der Waals surface area (Å²) in [5.74, 6) is -0.148. The summed E-state index contributed by atoms with van der Waals surface area (Å²) >= 11 is 0. The Morgan fingerprint density at radius 1 is 1.07 bits per heavy atom. The number of rotatable bonds is 3. The second kappa shape index (κ2) is 7.69. The number of aryl methyl sites for hydroxylation is 3. The van der Waals surface area contributed by atoms with Crippen LogP contribution >= 0.6 is 0 Å². The molecule has 2 heterocycles. The fraction of sp³-hybridized carbons (Fsp3) is 0.250. The van der Waals surface area contributed by atoms with Crippen LogP contribution in [0.15, 0.2) is 35.1 Å². The highest BCUT2D eigenvalue weighted by Crippen LogP contribution is 2.30. The first-order valence-corrected chi connectivity index (χ1v) is 8.89. The molecule has 0 unspecified atom stereocenters. The minimum absolute atomic E-state index is 0.0706. The number of carbonyl (C=O) groups excluding carboxylic acids is 1. The first kappa shape index (κ1) is 21.2. The van der Waals surface area contributed by atoms with Crippen molar-refractivity contribution >= 4 is 11.7 Å². The van der Waals surface area contributed by atoms with Gasteiger partial charge in [-0.25, -0.2) is 14.6 Å². The van der Waals surface area contributed by atoms with Crippen LogP contribution in [0.5, 0.6) is 0 Å². The van der Waals surface area contributed by atoms with E-state index in [-0.39, 0.29) is 17.2 Å². The lowest BCUT2D eigenvalue weighted by Crippen LogP contribution is -2.27. The molecule has 0 aliphatic carbocycles. The van der Waals surface area contributed by atoms with E-state index in [2.05, 4.69) is 20.4 Å². The average molecular weight is 417 g/mol. The molecule has 0 fully saturated rings. The third-order valence-corrected chi connectivity index (χ3v) is 4.47. The Bertz CT molecular complexity index is 1200. The van der Waals surface area contributed by atoms with E-state index < -0.39 is 28.8 Å². The Balaban J connectivity index is 2.04. The zero-order chi connectivity index (χ0) is 22.2. The lowest BCUT2D eigenvalue weighted by molar-refractivity contribution is -0.137. The molecule has 0 spiro atoms. The third kappa shape index (κ3) is 4.22. The standard InChI is InChI=1S/C20H18F3N5O2/c1-10-8-16(29)17(19(30)26-18-11(2)12(3)24-13(4)25-18)27-28(10)15-7-5-6-14(9-15)20(21,22)23/h5-9H,1-4H3,(H,24,25,26,30). The number of hydrogen-bond acceptors (Lipinski definition) is 5. The number of benzene rings is 1. The maximum atomic E-state index is 13.0. The Hall–Kier alpha value is -3.56. The quantitative estimate of drug-likeness (QED) is 0.704. The SMILES string of the molecule is Cc1nc(C)c(C)c(NC(=O)c2nn(-c3cccc(C(F)(F)F)c3)c(C)cc2=O)n1. The molecule has 156 valence electrons. The minimum Gasteiger partial charge on any atom is -0.305 e. The number of carbonyl (C=O) groups is 1. The van der Waals surface area contributed by atoms with E-state index >= 15 is 0 Å². The first-order valence-electron chi connectivity index (χ1n) is 8.89. The van der Waals surface area contributed by atoms with Crippen molar-refractivity contribution in [3.8, 4) is 5.69 Å². The zero-order valence-electron chi connectivity index (χ0n) is 16.6. The molecule has 0 saturated heterocycles. The van der Waals surface area contributed by atoms with Crippen molar-refractivity contribution in [2.45, 2.75) is 33.9 Å². The van der Waals surface area contributed by atoms with Crippen LogP contribution in [0.3, 0.4) is 0 Å². The second-order valence-corrected chi connectivity index (χ2v) is 6.74. The average Bonchev–Trinajstić information content (AvgIpc) is 2.65. The lowest BCUT2D eigenvalue weighted by atomic mass is 10.2. The number of alkyl halides is 3. The van der Waals surface area contributed by atoms with Crippen LogP contribution in [0, 0.1) is 27.7 Å². The van der Waals surface area contributed by atoms with E-state index in [9.17, 15) is 22.8 Å². The largest absolute Gasteiger partial charge is 0.416 e. The maximum Gasteiger partial charge on any atom is 0.416 e. The summed E-state index contributed by atoms with van der Waals surface area (Å²) in [6, 6.07) is 5.60. The predicted molar refractivity (Wildman–Crippen MR) is 104 cm³/mol. The molecule has 0 bridgehead atoms. The lowest BCUT2D eigenvalue weighted by Gasteiger charge is -2.14. The van der Waals surface area contributed by atoms with Gasteiger partial charge in [0.2, 0.25) is 5.43 Å². The van der Waals surface area contributed by atoms with Crippen LogP contribution in [-0.2, 0) is 6.18 Å². The highest BCUT2D eigenvalue weighted by molar-refractivity contribution is 6.02. The number of aromatic nitrogens is 4. The van der Waals surface area contributed by atoms with Crippen molar-refractivity contribution in [1.29, 1.82) is 0 Å². The van der Waals surface area contributed by atoms with Crippen molar-refractivity contribution < 1.29 is 18.0 Å². The molecule has 0 saturated carbocycles. The van der Waals surface area contributed by atoms with Gasteiger partial charge in [0.15, 0.2) is 5.69 Å². The summed E-state index contributed by atoms with van der Waals surface area (Å²) in [7, 11) is 0. The molecule has 0 aliphatic heterocycles. The highest BCUT2D eigenvalue weighted by Gasteiger charge is 2.30. The molecule has 10 heteroatoms. The zero-order valence-corrected chi connectivity index (χ0v) is 16.6. The van der Waals surface area contributed by atoms with Crippen LogP contribution in [0.25, 0.3) is 5.69 Å². The van der Waals surface area contributed by atoms with Gasteiger partial charge in [-0.05, 0) is 45.9 Å². The van der Waals surface area contributed by atoms with Crippen molar-refractivity contribution in [1.82, 2.24) is 19.7 Å². The van der Waals surface area contributed by atoms with Gasteiger partial charge < -0.3 is 5.32 Å². The summed E-state index contributed by atoms with van der Waals surface area (Å²) in [5.41, 5.74) is -0.356. The first-order chi connectivity index (χ1) is 14.0. The molecule has 3 rings (SSSR count). The van der Waals surface area contributed by atoms with Crippen LogP contribution in [0.1, 0.15) is 38.8 Å². The van der Waals surface area contributed by atoms with Gasteiger partial charge in [-0.2, -0.15) is 18.3 Å². The van der Waals surface area contributed by atoms with Gasteiger partial charge >= 0.3 is 6.18 Å². The summed E-state index contributed by atoms with van der Waals surface area (Å²) in [6.45, 7) is 6.64. The second-order valence-electron chi connectivity index (χ2n) is 6.74. The minimum atomic E-state index is -4.54. The number of amides is 1. The van der Waals surface area contributed by atoms with Crippen LogP contribution in [0.2, 0.25) is 0 Å². The number of nitrogens with one attached hydrogen (secondary N) is 1. The Kier molecular flexibility index (Phi) is 5.43. The van der Waals surface area contributed by atoms with Crippen LogP contribution in [-0.4, -0.2) is 25.7 Å². The normalized spacial score (nSPS) is 11.4. The summed E-state index contributed by atoms with van der Waals surface area (Å²) in [6.07, 6.45) is -4.54. The van der Waals surface area contributed by atoms with Gasteiger partial charge in [-0.1, -0.05) is 6.07 Å². The predicted octanol–water partition coefficient (Wildman–Crippen LogP) is 3.53. The molecular weight excluding hydrogens is 399 g/mol. The molecule has 0 radical (unpaired) electrons. The monoisotopic (exact) mass is 417 g/mol. The molecule has 0 atom stereocenters. The molecule has 3 aromatic rings. The maximum absolute atomic E-state index is 13.0. The van der Waals surface area contributed by atoms with Gasteiger partial charge in [0.25, 0.3) is 5.91 Å². The van der Waals surface area contributed by atoms with Crippen LogP contribution < -0.4 is 10.7 Å². The number of nitrogens with zero attached hydrogens (tertiary/aromatic N) is 4. The fourth-order valence-electron chi connectivity index (χ4n) is 2.84. The smallest absolute Gasteiger partial charge is 0.305 e. The number of hydrogen-bond donors (Lipinski definition) is 1. The van der Waals surface area contributed by atoms with E-state index in [1.54, 1.807) is 20.8 Å². The number of halogens is 3. The van der Waals surface area contributed by atoms with E-state index in [0.717, 1.165) is 22.9 Å². The third-order valence-electron chi connectivity index (χ3n) is 4.47. The van der Waals surface area contributed by atoms with Gasteiger partial charge in [-0.15, -0.1) is 0 Å². The van der Waals surface area contributed by atoms with E-state index in [4.69, 9.17) is 0 Å². The molecule has 1 amide bonds. The van der Waals surface area contributed by atoms with Gasteiger partial charge in [0.1, 0.15) is 11.6 Å². The van der Waals surface area contributed by atoms with Gasteiger partial charge in [0.05, 0.1) is 11.3 Å².